The monoisotopic (exact) mass is 298 g/mol. The zero-order chi connectivity index (χ0) is 15.9. The maximum absolute atomic E-state index is 11.6. The Morgan fingerprint density at radius 2 is 1.24 bits per heavy atom. The first-order valence-electron chi connectivity index (χ1n) is 8.82. The lowest BCUT2D eigenvalue weighted by atomic mass is 10.00. The van der Waals surface area contributed by atoms with Crippen LogP contribution in [0.5, 0.6) is 0 Å². The van der Waals surface area contributed by atoms with E-state index >= 15 is 0 Å². The number of aliphatic carboxylic acids is 1. The Labute approximate surface area is 130 Å². The molecule has 1 N–H and O–H groups in total. The number of hydrogen-bond donors (Lipinski definition) is 1. The van der Waals surface area contributed by atoms with Crippen LogP contribution in [0.4, 0.5) is 0 Å². The smallest absolute Gasteiger partial charge is 0.306 e. The Kier molecular flexibility index (Phi) is 13.5. The summed E-state index contributed by atoms with van der Waals surface area (Å²) in [6.07, 6.45) is 14.7. The van der Waals surface area contributed by atoms with Gasteiger partial charge in [0.2, 0.25) is 0 Å². The number of carboxylic acids is 1. The van der Waals surface area contributed by atoms with E-state index in [9.17, 15) is 9.59 Å². The first-order valence-corrected chi connectivity index (χ1v) is 8.82. The Morgan fingerprint density at radius 3 is 1.67 bits per heavy atom. The lowest BCUT2D eigenvalue weighted by molar-refractivity contribution is -0.143. The lowest BCUT2D eigenvalue weighted by Gasteiger charge is -2.05. The number of rotatable bonds is 15. The quantitative estimate of drug-likeness (QED) is 0.414. The fraction of sp³-hybridized carbons (Fsp3) is 0.889. The Hall–Kier alpha value is -0.860. The fourth-order valence-corrected chi connectivity index (χ4v) is 2.52. The molecule has 0 aliphatic rings. The van der Waals surface area contributed by atoms with Crippen LogP contribution in [0, 0.1) is 5.92 Å². The van der Waals surface area contributed by atoms with Crippen molar-refractivity contribution >= 4 is 11.8 Å². The van der Waals surface area contributed by atoms with Gasteiger partial charge in [-0.3, -0.25) is 9.59 Å². The largest absolute Gasteiger partial charge is 0.481 e. The van der Waals surface area contributed by atoms with Gasteiger partial charge in [-0.05, 0) is 6.42 Å². The minimum Gasteiger partial charge on any atom is -0.481 e. The van der Waals surface area contributed by atoms with Crippen LogP contribution in [0.15, 0.2) is 0 Å². The zero-order valence-corrected chi connectivity index (χ0v) is 14.0. The number of hydrogen-bond acceptors (Lipinski definition) is 2. The molecule has 0 saturated heterocycles. The van der Waals surface area contributed by atoms with Gasteiger partial charge in [-0.1, -0.05) is 78.1 Å². The van der Waals surface area contributed by atoms with Crippen molar-refractivity contribution in [3.05, 3.63) is 0 Å². The zero-order valence-electron chi connectivity index (χ0n) is 14.0. The third kappa shape index (κ3) is 13.9. The number of Topliss-reactive ketones (excluding diaryl/α,β-unsaturated/α-hetero) is 1. The molecule has 0 aromatic heterocycles. The number of carbonyl (C=O) groups is 2. The second-order valence-corrected chi connectivity index (χ2v) is 6.27. The molecule has 0 spiro atoms. The lowest BCUT2D eigenvalue weighted by Crippen LogP contribution is -2.14. The molecule has 0 fully saturated rings. The molecule has 21 heavy (non-hydrogen) atoms. The summed E-state index contributed by atoms with van der Waals surface area (Å²) < 4.78 is 0. The number of unbranched alkanes of at least 4 members (excludes halogenated alkanes) is 10. The van der Waals surface area contributed by atoms with Gasteiger partial charge in [-0.2, -0.15) is 0 Å². The summed E-state index contributed by atoms with van der Waals surface area (Å²) in [5, 5.41) is 8.74. The highest BCUT2D eigenvalue weighted by molar-refractivity contribution is 5.83. The molecule has 0 rings (SSSR count). The van der Waals surface area contributed by atoms with Crippen molar-refractivity contribution < 1.29 is 14.7 Å². The number of ketones is 1. The predicted molar refractivity (Wildman–Crippen MR) is 87.5 cm³/mol. The van der Waals surface area contributed by atoms with Crippen molar-refractivity contribution in [2.24, 2.45) is 5.92 Å². The molecule has 0 saturated carbocycles. The molecule has 3 nitrogen and oxygen atoms in total. The van der Waals surface area contributed by atoms with Gasteiger partial charge in [0.25, 0.3) is 0 Å². The molecule has 0 bridgehead atoms. The standard InChI is InChI=1S/C18H34O3/c1-3-4-5-6-7-8-9-10-11-12-13-14-17(19)15-16(2)18(20)21/h16H,3-15H2,1-2H3,(H,20,21). The average molecular weight is 298 g/mol. The van der Waals surface area contributed by atoms with E-state index in [1.165, 1.54) is 57.8 Å². The van der Waals surface area contributed by atoms with Crippen molar-refractivity contribution in [3.8, 4) is 0 Å². The van der Waals surface area contributed by atoms with Gasteiger partial charge >= 0.3 is 5.97 Å². The molecule has 0 amide bonds. The molecule has 124 valence electrons. The highest BCUT2D eigenvalue weighted by atomic mass is 16.4. The third-order valence-corrected chi connectivity index (χ3v) is 4.01. The summed E-state index contributed by atoms with van der Waals surface area (Å²) in [4.78, 5) is 22.2. The first-order chi connectivity index (χ1) is 10.1. The molecule has 1 unspecified atom stereocenters. The highest BCUT2D eigenvalue weighted by Crippen LogP contribution is 2.13. The van der Waals surface area contributed by atoms with Crippen LogP contribution in [0.1, 0.15) is 97.3 Å². The van der Waals surface area contributed by atoms with Crippen molar-refractivity contribution in [1.82, 2.24) is 0 Å². The van der Waals surface area contributed by atoms with Crippen molar-refractivity contribution in [2.45, 2.75) is 97.3 Å². The summed E-state index contributed by atoms with van der Waals surface area (Å²) in [6, 6.07) is 0. The Morgan fingerprint density at radius 1 is 0.810 bits per heavy atom. The summed E-state index contributed by atoms with van der Waals surface area (Å²) in [7, 11) is 0. The minimum absolute atomic E-state index is 0.0980. The van der Waals surface area contributed by atoms with Crippen LogP contribution in [0.2, 0.25) is 0 Å². The predicted octanol–water partition coefficient (Wildman–Crippen LogP) is 5.37. The van der Waals surface area contributed by atoms with E-state index in [2.05, 4.69) is 6.92 Å². The topological polar surface area (TPSA) is 54.4 Å². The van der Waals surface area contributed by atoms with Crippen LogP contribution < -0.4 is 0 Å². The van der Waals surface area contributed by atoms with Crippen LogP contribution in [-0.4, -0.2) is 16.9 Å². The highest BCUT2D eigenvalue weighted by Gasteiger charge is 2.14. The van der Waals surface area contributed by atoms with Gasteiger partial charge in [0.15, 0.2) is 0 Å². The van der Waals surface area contributed by atoms with Crippen LogP contribution in [0.3, 0.4) is 0 Å². The van der Waals surface area contributed by atoms with Crippen molar-refractivity contribution in [2.75, 3.05) is 0 Å². The minimum atomic E-state index is -0.873. The van der Waals surface area contributed by atoms with Gasteiger partial charge in [0, 0.05) is 12.8 Å². The van der Waals surface area contributed by atoms with E-state index < -0.39 is 11.9 Å². The second-order valence-electron chi connectivity index (χ2n) is 6.27. The van der Waals surface area contributed by atoms with Crippen molar-refractivity contribution in [3.63, 3.8) is 0 Å². The first kappa shape index (κ1) is 20.1. The molecule has 0 aromatic rings. The normalized spacial score (nSPS) is 12.3. The SMILES string of the molecule is CCCCCCCCCCCCCC(=O)CC(C)C(=O)O. The van der Waals surface area contributed by atoms with Crippen molar-refractivity contribution in [1.29, 1.82) is 0 Å². The molecule has 0 aliphatic heterocycles. The molecule has 3 heteroatoms. The van der Waals surface area contributed by atoms with E-state index in [4.69, 9.17) is 5.11 Å². The van der Waals surface area contributed by atoms with E-state index in [0.717, 1.165) is 12.8 Å². The van der Waals surface area contributed by atoms with Crippen LogP contribution in [0.25, 0.3) is 0 Å². The van der Waals surface area contributed by atoms with Crippen LogP contribution in [-0.2, 0) is 9.59 Å². The molecule has 0 radical (unpaired) electrons. The van der Waals surface area contributed by atoms with E-state index in [-0.39, 0.29) is 12.2 Å². The van der Waals surface area contributed by atoms with E-state index in [0.29, 0.717) is 6.42 Å². The van der Waals surface area contributed by atoms with Gasteiger partial charge in [-0.15, -0.1) is 0 Å². The van der Waals surface area contributed by atoms with Gasteiger partial charge < -0.3 is 5.11 Å². The average Bonchev–Trinajstić information content (AvgIpc) is 2.44. The Balaban J connectivity index is 3.25. The summed E-state index contributed by atoms with van der Waals surface area (Å²) in [5.74, 6) is -1.31. The third-order valence-electron chi connectivity index (χ3n) is 4.01. The maximum atomic E-state index is 11.6. The number of carboxylic acid groups (broad SMARTS) is 1. The molecule has 1 atom stereocenters. The second kappa shape index (κ2) is 14.1. The summed E-state index contributed by atoms with van der Waals surface area (Å²) in [6.45, 7) is 3.84. The number of carbonyl (C=O) groups excluding carboxylic acids is 1. The summed E-state index contributed by atoms with van der Waals surface area (Å²) in [5.41, 5.74) is 0. The molecule has 0 aliphatic carbocycles. The molecule has 0 aromatic carbocycles. The Bertz CT molecular complexity index is 274. The molecule has 0 heterocycles. The van der Waals surface area contributed by atoms with Gasteiger partial charge in [-0.25, -0.2) is 0 Å². The van der Waals surface area contributed by atoms with Gasteiger partial charge in [0.1, 0.15) is 5.78 Å². The molecular formula is C18H34O3. The summed E-state index contributed by atoms with van der Waals surface area (Å²) >= 11 is 0. The van der Waals surface area contributed by atoms with E-state index in [1.54, 1.807) is 6.92 Å². The fourth-order valence-electron chi connectivity index (χ4n) is 2.52. The maximum Gasteiger partial charge on any atom is 0.306 e. The van der Waals surface area contributed by atoms with Crippen LogP contribution >= 0.6 is 0 Å². The molecular weight excluding hydrogens is 264 g/mol. The van der Waals surface area contributed by atoms with E-state index in [1.807, 2.05) is 0 Å². The van der Waals surface area contributed by atoms with Gasteiger partial charge in [0.05, 0.1) is 5.92 Å².